The molecule has 0 aromatic rings. The van der Waals surface area contributed by atoms with Crippen molar-refractivity contribution in [1.82, 2.24) is 4.90 Å². The molecule has 116 valence electrons. The maximum Gasteiger partial charge on any atom is 0.243 e. The van der Waals surface area contributed by atoms with Gasteiger partial charge in [0.05, 0.1) is 6.10 Å². The minimum Gasteiger partial charge on any atom is -0.377 e. The van der Waals surface area contributed by atoms with Crippen LogP contribution in [0.1, 0.15) is 53.9 Å². The Bertz CT molecular complexity index is 383. The number of ether oxygens (including phenoxy) is 1. The van der Waals surface area contributed by atoms with E-state index in [4.69, 9.17) is 10.5 Å². The van der Waals surface area contributed by atoms with Crippen LogP contribution in [-0.4, -0.2) is 41.6 Å². The third-order valence-electron chi connectivity index (χ3n) is 5.76. The fourth-order valence-electron chi connectivity index (χ4n) is 4.12. The Balaban J connectivity index is 2.27. The first-order chi connectivity index (χ1) is 9.32. The summed E-state index contributed by atoms with van der Waals surface area (Å²) in [6.45, 7) is 11.9. The van der Waals surface area contributed by atoms with Crippen molar-refractivity contribution in [2.45, 2.75) is 71.6 Å². The zero-order valence-electron chi connectivity index (χ0n) is 13.6. The van der Waals surface area contributed by atoms with Gasteiger partial charge in [-0.15, -0.1) is 0 Å². The summed E-state index contributed by atoms with van der Waals surface area (Å²) in [7, 11) is 0. The zero-order chi connectivity index (χ0) is 15.1. The Labute approximate surface area is 123 Å². The molecule has 2 N–H and O–H groups in total. The van der Waals surface area contributed by atoms with Crippen LogP contribution in [0.3, 0.4) is 0 Å². The van der Waals surface area contributed by atoms with Gasteiger partial charge in [-0.1, -0.05) is 20.8 Å². The summed E-state index contributed by atoms with van der Waals surface area (Å²) in [5.74, 6) is 0.294. The van der Waals surface area contributed by atoms with Gasteiger partial charge in [0.15, 0.2) is 0 Å². The average molecular weight is 282 g/mol. The predicted octanol–water partition coefficient (Wildman–Crippen LogP) is 2.17. The topological polar surface area (TPSA) is 55.6 Å². The van der Waals surface area contributed by atoms with Crippen LogP contribution in [0.2, 0.25) is 0 Å². The molecule has 2 rings (SSSR count). The third-order valence-corrected chi connectivity index (χ3v) is 5.76. The molecular formula is C16H30N2O2. The van der Waals surface area contributed by atoms with Gasteiger partial charge in [-0.25, -0.2) is 0 Å². The molecule has 2 aliphatic rings. The number of hydrogen-bond acceptors (Lipinski definition) is 3. The first-order valence-corrected chi connectivity index (χ1v) is 8.03. The Kier molecular flexibility index (Phi) is 4.18. The maximum absolute atomic E-state index is 13.1. The average Bonchev–Trinajstić information content (AvgIpc) is 2.46. The van der Waals surface area contributed by atoms with Gasteiger partial charge in [-0.2, -0.15) is 0 Å². The Morgan fingerprint density at radius 3 is 2.65 bits per heavy atom. The number of nitrogens with two attached hydrogens (primary N) is 1. The van der Waals surface area contributed by atoms with Crippen molar-refractivity contribution in [3.8, 4) is 0 Å². The predicted molar refractivity (Wildman–Crippen MR) is 80.3 cm³/mol. The lowest BCUT2D eigenvalue weighted by atomic mass is 9.46. The number of hydrogen-bond donors (Lipinski definition) is 1. The van der Waals surface area contributed by atoms with Gasteiger partial charge in [-0.05, 0) is 33.1 Å². The van der Waals surface area contributed by atoms with Crippen molar-refractivity contribution in [2.75, 3.05) is 13.2 Å². The highest BCUT2D eigenvalue weighted by atomic mass is 16.5. The van der Waals surface area contributed by atoms with Crippen LogP contribution in [0.4, 0.5) is 0 Å². The smallest absolute Gasteiger partial charge is 0.243 e. The van der Waals surface area contributed by atoms with Crippen molar-refractivity contribution in [2.24, 2.45) is 17.1 Å². The monoisotopic (exact) mass is 282 g/mol. The van der Waals surface area contributed by atoms with E-state index in [9.17, 15) is 4.79 Å². The third kappa shape index (κ3) is 1.92. The number of rotatable bonds is 4. The summed E-state index contributed by atoms with van der Waals surface area (Å²) in [5.41, 5.74) is 5.63. The Morgan fingerprint density at radius 2 is 2.10 bits per heavy atom. The molecule has 0 spiro atoms. The van der Waals surface area contributed by atoms with Crippen LogP contribution >= 0.6 is 0 Å². The molecule has 4 unspecified atom stereocenters. The van der Waals surface area contributed by atoms with E-state index in [1.807, 2.05) is 11.8 Å². The second-order valence-electron chi connectivity index (χ2n) is 6.98. The molecule has 1 saturated carbocycles. The molecule has 1 amide bonds. The number of carbonyl (C=O) groups is 1. The standard InChI is InChI=1S/C16H30N2O2/c1-6-11(3)18(7-2)14(19)16(17)12-9-8-10-20-13(12)15(16,4)5/h11-13H,6-10,17H2,1-5H3. The van der Waals surface area contributed by atoms with Gasteiger partial charge in [0, 0.05) is 30.5 Å². The Morgan fingerprint density at radius 1 is 1.45 bits per heavy atom. The van der Waals surface area contributed by atoms with Gasteiger partial charge in [0.1, 0.15) is 5.54 Å². The number of carbonyl (C=O) groups excluding carboxylic acids is 1. The molecule has 1 aliphatic heterocycles. The first kappa shape index (κ1) is 15.8. The lowest BCUT2D eigenvalue weighted by Crippen LogP contribution is -2.82. The zero-order valence-corrected chi connectivity index (χ0v) is 13.6. The maximum atomic E-state index is 13.1. The van der Waals surface area contributed by atoms with Crippen LogP contribution in [0.15, 0.2) is 0 Å². The summed E-state index contributed by atoms with van der Waals surface area (Å²) in [4.78, 5) is 15.0. The molecule has 0 aromatic carbocycles. The van der Waals surface area contributed by atoms with E-state index in [1.54, 1.807) is 0 Å². The minimum absolute atomic E-state index is 0.117. The molecule has 2 fully saturated rings. The van der Waals surface area contributed by atoms with E-state index in [0.29, 0.717) is 0 Å². The summed E-state index contributed by atoms with van der Waals surface area (Å²) < 4.78 is 5.89. The summed E-state index contributed by atoms with van der Waals surface area (Å²) in [6, 6.07) is 0.243. The van der Waals surface area contributed by atoms with Gasteiger partial charge in [-0.3, -0.25) is 4.79 Å². The highest BCUT2D eigenvalue weighted by Crippen LogP contribution is 2.58. The van der Waals surface area contributed by atoms with Crippen LogP contribution in [0.25, 0.3) is 0 Å². The Hall–Kier alpha value is -0.610. The second-order valence-corrected chi connectivity index (χ2v) is 6.98. The van der Waals surface area contributed by atoms with E-state index in [-0.39, 0.29) is 29.4 Å². The first-order valence-electron chi connectivity index (χ1n) is 8.03. The number of fused-ring (bicyclic) bond motifs is 1. The molecule has 4 heteroatoms. The summed E-state index contributed by atoms with van der Waals surface area (Å²) in [5, 5.41) is 0. The fourth-order valence-corrected chi connectivity index (χ4v) is 4.12. The van der Waals surface area contributed by atoms with Gasteiger partial charge < -0.3 is 15.4 Å². The van der Waals surface area contributed by atoms with E-state index in [0.717, 1.165) is 32.4 Å². The van der Waals surface area contributed by atoms with Crippen LogP contribution in [0.5, 0.6) is 0 Å². The molecule has 1 saturated heterocycles. The number of nitrogens with zero attached hydrogens (tertiary/aromatic N) is 1. The molecule has 0 aromatic heterocycles. The van der Waals surface area contributed by atoms with Crippen molar-refractivity contribution in [1.29, 1.82) is 0 Å². The van der Waals surface area contributed by atoms with Gasteiger partial charge in [0.25, 0.3) is 0 Å². The second kappa shape index (κ2) is 5.30. The van der Waals surface area contributed by atoms with E-state index in [2.05, 4.69) is 27.7 Å². The lowest BCUT2D eigenvalue weighted by Gasteiger charge is -2.66. The van der Waals surface area contributed by atoms with Crippen molar-refractivity contribution in [3.05, 3.63) is 0 Å². The lowest BCUT2D eigenvalue weighted by molar-refractivity contribution is -0.230. The van der Waals surface area contributed by atoms with Gasteiger partial charge >= 0.3 is 0 Å². The molecule has 0 bridgehead atoms. The van der Waals surface area contributed by atoms with Crippen molar-refractivity contribution >= 4 is 5.91 Å². The van der Waals surface area contributed by atoms with Crippen LogP contribution in [-0.2, 0) is 9.53 Å². The largest absolute Gasteiger partial charge is 0.377 e. The highest BCUT2D eigenvalue weighted by molar-refractivity contribution is 5.89. The fraction of sp³-hybridized carbons (Fsp3) is 0.938. The molecule has 4 atom stereocenters. The highest BCUT2D eigenvalue weighted by Gasteiger charge is 2.70. The normalized spacial score (nSPS) is 36.7. The molecule has 1 aliphatic carbocycles. The number of likely N-dealkylation sites (N-methyl/N-ethyl adjacent to an activating group) is 1. The van der Waals surface area contributed by atoms with Crippen molar-refractivity contribution in [3.63, 3.8) is 0 Å². The van der Waals surface area contributed by atoms with E-state index < -0.39 is 5.54 Å². The number of amides is 1. The SMILES string of the molecule is CCC(C)N(CC)C(=O)C1(N)C2CCCOC2C1(C)C. The van der Waals surface area contributed by atoms with E-state index in [1.165, 1.54) is 0 Å². The van der Waals surface area contributed by atoms with Gasteiger partial charge in [0.2, 0.25) is 5.91 Å². The summed E-state index contributed by atoms with van der Waals surface area (Å²) >= 11 is 0. The minimum atomic E-state index is -0.766. The molecule has 0 radical (unpaired) electrons. The van der Waals surface area contributed by atoms with Crippen molar-refractivity contribution < 1.29 is 9.53 Å². The van der Waals surface area contributed by atoms with Crippen LogP contribution in [0, 0.1) is 11.3 Å². The van der Waals surface area contributed by atoms with Crippen LogP contribution < -0.4 is 5.73 Å². The quantitative estimate of drug-likeness (QED) is 0.859. The molecule has 4 nitrogen and oxygen atoms in total. The molecule has 20 heavy (non-hydrogen) atoms. The molecular weight excluding hydrogens is 252 g/mol. The van der Waals surface area contributed by atoms with E-state index >= 15 is 0 Å². The summed E-state index contributed by atoms with van der Waals surface area (Å²) in [6.07, 6.45) is 3.12. The molecule has 1 heterocycles.